The van der Waals surface area contributed by atoms with Crippen molar-refractivity contribution in [1.82, 2.24) is 4.57 Å². The minimum absolute atomic E-state index is 0.213. The van der Waals surface area contributed by atoms with Gasteiger partial charge in [0.05, 0.1) is 5.69 Å². The van der Waals surface area contributed by atoms with Crippen LogP contribution in [0.4, 0.5) is 0 Å². The number of aromatic nitrogens is 1. The zero-order valence-corrected chi connectivity index (χ0v) is 14.4. The minimum atomic E-state index is -4.42. The van der Waals surface area contributed by atoms with Crippen molar-refractivity contribution in [1.29, 1.82) is 0 Å². The molecule has 0 saturated heterocycles. The van der Waals surface area contributed by atoms with Gasteiger partial charge in [-0.3, -0.25) is 13.9 Å². The van der Waals surface area contributed by atoms with E-state index in [0.29, 0.717) is 0 Å². The summed E-state index contributed by atoms with van der Waals surface area (Å²) in [7, 11) is -4.42. The molecule has 2 aromatic rings. The van der Waals surface area contributed by atoms with Gasteiger partial charge in [-0.05, 0) is 49.4 Å². The highest BCUT2D eigenvalue weighted by Gasteiger charge is 2.24. The third-order valence-electron chi connectivity index (χ3n) is 4.61. The van der Waals surface area contributed by atoms with Crippen LogP contribution in [-0.2, 0) is 10.1 Å². The molecule has 0 atom stereocenters. The van der Waals surface area contributed by atoms with E-state index in [2.05, 4.69) is 0 Å². The molecule has 0 aliphatic heterocycles. The molecule has 1 aliphatic rings. The number of benzene rings is 1. The highest BCUT2D eigenvalue weighted by atomic mass is 32.2. The fourth-order valence-electron chi connectivity index (χ4n) is 3.54. The summed E-state index contributed by atoms with van der Waals surface area (Å²) in [5, 5.41) is 0. The van der Waals surface area contributed by atoms with Gasteiger partial charge >= 0.3 is 0 Å². The predicted molar refractivity (Wildman–Crippen MR) is 92.4 cm³/mol. The van der Waals surface area contributed by atoms with Gasteiger partial charge in [-0.15, -0.1) is 0 Å². The SMILES string of the molecule is Cc1cc(C2CCCCC2)n(-c2ccccc2S(=O)(=O)O)c(=O)c1. The lowest BCUT2D eigenvalue weighted by molar-refractivity contribution is 0.429. The lowest BCUT2D eigenvalue weighted by atomic mass is 9.86. The molecule has 5 nitrogen and oxygen atoms in total. The quantitative estimate of drug-likeness (QED) is 0.863. The third kappa shape index (κ3) is 3.30. The summed E-state index contributed by atoms with van der Waals surface area (Å²) in [5.74, 6) is 0.223. The normalized spacial score (nSPS) is 16.2. The molecular weight excluding hydrogens is 326 g/mol. The Morgan fingerprint density at radius 2 is 1.75 bits per heavy atom. The van der Waals surface area contributed by atoms with E-state index in [1.54, 1.807) is 12.1 Å². The molecule has 0 amide bonds. The van der Waals surface area contributed by atoms with Crippen molar-refractivity contribution in [2.45, 2.75) is 49.8 Å². The summed E-state index contributed by atoms with van der Waals surface area (Å²) in [6.45, 7) is 1.87. The molecule has 0 unspecified atom stereocenters. The summed E-state index contributed by atoms with van der Waals surface area (Å²) in [5.41, 5.74) is 1.63. The van der Waals surface area contributed by atoms with E-state index < -0.39 is 10.1 Å². The molecule has 3 rings (SSSR count). The van der Waals surface area contributed by atoms with Crippen molar-refractivity contribution >= 4 is 10.1 Å². The maximum atomic E-state index is 12.7. The van der Waals surface area contributed by atoms with E-state index in [4.69, 9.17) is 0 Å². The Bertz CT molecular complexity index is 909. The first-order chi connectivity index (χ1) is 11.4. The van der Waals surface area contributed by atoms with Crippen molar-refractivity contribution in [3.05, 3.63) is 58.0 Å². The Kier molecular flexibility index (Phi) is 4.60. The van der Waals surface area contributed by atoms with Gasteiger partial charge in [0.2, 0.25) is 0 Å². The van der Waals surface area contributed by atoms with Crippen LogP contribution in [0.5, 0.6) is 0 Å². The second-order valence-corrected chi connectivity index (χ2v) is 7.80. The number of rotatable bonds is 3. The monoisotopic (exact) mass is 347 g/mol. The summed E-state index contributed by atoms with van der Waals surface area (Å²) in [6.07, 6.45) is 5.36. The lowest BCUT2D eigenvalue weighted by Gasteiger charge is -2.26. The van der Waals surface area contributed by atoms with E-state index in [-0.39, 0.29) is 22.1 Å². The molecule has 1 N–H and O–H groups in total. The van der Waals surface area contributed by atoms with Crippen molar-refractivity contribution < 1.29 is 13.0 Å². The fourth-order valence-corrected chi connectivity index (χ4v) is 4.22. The number of nitrogens with zero attached hydrogens (tertiary/aromatic N) is 1. The zero-order valence-electron chi connectivity index (χ0n) is 13.6. The van der Waals surface area contributed by atoms with Crippen molar-refractivity contribution in [2.75, 3.05) is 0 Å². The molecule has 1 fully saturated rings. The van der Waals surface area contributed by atoms with Crippen LogP contribution in [0.25, 0.3) is 5.69 Å². The number of hydrogen-bond acceptors (Lipinski definition) is 3. The average molecular weight is 347 g/mol. The van der Waals surface area contributed by atoms with Gasteiger partial charge in [-0.1, -0.05) is 31.4 Å². The number of hydrogen-bond donors (Lipinski definition) is 1. The van der Waals surface area contributed by atoms with E-state index >= 15 is 0 Å². The molecular formula is C18H21NO4S. The summed E-state index contributed by atoms with van der Waals surface area (Å²) in [4.78, 5) is 12.4. The maximum Gasteiger partial charge on any atom is 0.296 e. The van der Waals surface area contributed by atoms with Crippen LogP contribution in [0.2, 0.25) is 0 Å². The summed E-state index contributed by atoms with van der Waals surface area (Å²) >= 11 is 0. The Labute approximate surface area is 141 Å². The lowest BCUT2D eigenvalue weighted by Crippen LogP contribution is -2.25. The van der Waals surface area contributed by atoms with E-state index in [1.807, 2.05) is 13.0 Å². The van der Waals surface area contributed by atoms with Crippen LogP contribution in [0, 0.1) is 6.92 Å². The highest BCUT2D eigenvalue weighted by molar-refractivity contribution is 7.86. The van der Waals surface area contributed by atoms with Gasteiger partial charge in [0.25, 0.3) is 15.7 Å². The first-order valence-corrected chi connectivity index (χ1v) is 9.62. The maximum absolute atomic E-state index is 12.7. The molecule has 0 spiro atoms. The third-order valence-corrected chi connectivity index (χ3v) is 5.51. The minimum Gasteiger partial charge on any atom is -0.282 e. The Morgan fingerprint density at radius 3 is 2.42 bits per heavy atom. The second kappa shape index (κ2) is 6.53. The Balaban J connectivity index is 2.27. The molecule has 128 valence electrons. The van der Waals surface area contributed by atoms with Gasteiger partial charge in [-0.25, -0.2) is 0 Å². The molecule has 1 aliphatic carbocycles. The van der Waals surface area contributed by atoms with Gasteiger partial charge in [-0.2, -0.15) is 8.42 Å². The number of pyridine rings is 1. The topological polar surface area (TPSA) is 76.4 Å². The first kappa shape index (κ1) is 16.9. The van der Waals surface area contributed by atoms with Crippen LogP contribution >= 0.6 is 0 Å². The molecule has 1 saturated carbocycles. The van der Waals surface area contributed by atoms with E-state index in [1.165, 1.54) is 29.2 Å². The van der Waals surface area contributed by atoms with Crippen LogP contribution in [0.3, 0.4) is 0 Å². The molecule has 0 bridgehead atoms. The predicted octanol–water partition coefficient (Wildman–Crippen LogP) is 3.44. The standard InChI is InChI=1S/C18H21NO4S/c1-13-11-16(14-7-3-2-4-8-14)19(18(20)12-13)15-9-5-6-10-17(15)24(21,22)23/h5-6,9-12,14H,2-4,7-8H2,1H3,(H,21,22,23). The van der Waals surface area contributed by atoms with E-state index in [0.717, 1.165) is 36.9 Å². The zero-order chi connectivity index (χ0) is 17.3. The van der Waals surface area contributed by atoms with Crippen LogP contribution < -0.4 is 5.56 Å². The molecule has 6 heteroatoms. The molecule has 1 aromatic heterocycles. The van der Waals surface area contributed by atoms with Crippen LogP contribution in [0.1, 0.15) is 49.3 Å². The van der Waals surface area contributed by atoms with Gasteiger partial charge in [0.15, 0.2) is 0 Å². The van der Waals surface area contributed by atoms with Crippen LogP contribution in [-0.4, -0.2) is 17.5 Å². The first-order valence-electron chi connectivity index (χ1n) is 8.18. The Hall–Kier alpha value is -1.92. The fraction of sp³-hybridized carbons (Fsp3) is 0.389. The number of para-hydroxylation sites is 1. The summed E-state index contributed by atoms with van der Waals surface area (Å²) < 4.78 is 34.5. The second-order valence-electron chi connectivity index (χ2n) is 6.41. The van der Waals surface area contributed by atoms with Crippen molar-refractivity contribution in [3.8, 4) is 5.69 Å². The number of aryl methyl sites for hydroxylation is 1. The van der Waals surface area contributed by atoms with Gasteiger partial charge < -0.3 is 0 Å². The Morgan fingerprint density at radius 1 is 1.08 bits per heavy atom. The van der Waals surface area contributed by atoms with Crippen LogP contribution in [0.15, 0.2) is 46.1 Å². The van der Waals surface area contributed by atoms with Crippen molar-refractivity contribution in [2.24, 2.45) is 0 Å². The molecule has 1 aromatic carbocycles. The van der Waals surface area contributed by atoms with Crippen molar-refractivity contribution in [3.63, 3.8) is 0 Å². The van der Waals surface area contributed by atoms with Gasteiger partial charge in [0.1, 0.15) is 4.90 Å². The summed E-state index contributed by atoms with van der Waals surface area (Å²) in [6, 6.07) is 9.53. The average Bonchev–Trinajstić information content (AvgIpc) is 2.54. The molecule has 24 heavy (non-hydrogen) atoms. The smallest absolute Gasteiger partial charge is 0.282 e. The largest absolute Gasteiger partial charge is 0.296 e. The molecule has 0 radical (unpaired) electrons. The van der Waals surface area contributed by atoms with Gasteiger partial charge in [0, 0.05) is 11.8 Å². The molecule has 1 heterocycles. The van der Waals surface area contributed by atoms with E-state index in [9.17, 15) is 17.8 Å². The highest BCUT2D eigenvalue weighted by Crippen LogP contribution is 2.34.